The van der Waals surface area contributed by atoms with E-state index in [0.717, 1.165) is 41.8 Å². The third-order valence-electron chi connectivity index (χ3n) is 5.99. The Morgan fingerprint density at radius 1 is 0.912 bits per heavy atom. The van der Waals surface area contributed by atoms with Gasteiger partial charge in [-0.2, -0.15) is 5.10 Å². The fourth-order valence-corrected chi connectivity index (χ4v) is 3.90. The molecule has 6 heteroatoms. The van der Waals surface area contributed by atoms with E-state index >= 15 is 0 Å². The number of hydrogen-bond acceptors (Lipinski definition) is 3. The molecule has 1 fully saturated rings. The van der Waals surface area contributed by atoms with Crippen LogP contribution in [0.1, 0.15) is 34.3 Å². The molecule has 2 amide bonds. The van der Waals surface area contributed by atoms with Gasteiger partial charge in [0, 0.05) is 36.1 Å². The van der Waals surface area contributed by atoms with Crippen LogP contribution in [0.25, 0.3) is 11.1 Å². The summed E-state index contributed by atoms with van der Waals surface area (Å²) in [6, 6.07) is 25.5. The van der Waals surface area contributed by atoms with E-state index in [-0.39, 0.29) is 17.7 Å². The monoisotopic (exact) mass is 450 g/mol. The first-order valence-corrected chi connectivity index (χ1v) is 11.5. The third kappa shape index (κ3) is 5.23. The largest absolute Gasteiger partial charge is 0.348 e. The summed E-state index contributed by atoms with van der Waals surface area (Å²) in [4.78, 5) is 24.6. The van der Waals surface area contributed by atoms with Gasteiger partial charge in [0.1, 0.15) is 0 Å². The molecule has 0 saturated heterocycles. The number of nitrogens with zero attached hydrogens (tertiary/aromatic N) is 2. The fraction of sp³-hybridized carbons (Fsp3) is 0.179. The Labute approximate surface area is 198 Å². The van der Waals surface area contributed by atoms with Crippen molar-refractivity contribution in [1.29, 1.82) is 0 Å². The number of carbonyl (C=O) groups excluding carboxylic acids is 2. The Morgan fingerprint density at radius 2 is 1.68 bits per heavy atom. The molecule has 4 aromatic rings. The molecule has 170 valence electrons. The summed E-state index contributed by atoms with van der Waals surface area (Å²) in [7, 11) is 0. The quantitative estimate of drug-likeness (QED) is 0.402. The molecular formula is C28H26N4O2. The van der Waals surface area contributed by atoms with Crippen molar-refractivity contribution in [2.24, 2.45) is 5.92 Å². The Balaban J connectivity index is 1.22. The highest BCUT2D eigenvalue weighted by molar-refractivity contribution is 5.96. The van der Waals surface area contributed by atoms with E-state index < -0.39 is 0 Å². The summed E-state index contributed by atoms with van der Waals surface area (Å²) >= 11 is 0. The summed E-state index contributed by atoms with van der Waals surface area (Å²) in [5.74, 6) is 0.0586. The van der Waals surface area contributed by atoms with E-state index in [1.807, 2.05) is 35.1 Å². The second kappa shape index (κ2) is 9.75. The Kier molecular flexibility index (Phi) is 6.21. The van der Waals surface area contributed by atoms with Crippen LogP contribution in [0.5, 0.6) is 0 Å². The van der Waals surface area contributed by atoms with Gasteiger partial charge in [0.15, 0.2) is 0 Å². The number of hydrogen-bond donors (Lipinski definition) is 2. The number of aromatic nitrogens is 2. The lowest BCUT2D eigenvalue weighted by Gasteiger charge is -2.12. The van der Waals surface area contributed by atoms with Crippen LogP contribution in [-0.2, 0) is 17.9 Å². The smallest absolute Gasteiger partial charge is 0.251 e. The zero-order chi connectivity index (χ0) is 23.3. The number of anilines is 1. The zero-order valence-electron chi connectivity index (χ0n) is 18.8. The molecule has 2 N–H and O–H groups in total. The molecule has 0 unspecified atom stereocenters. The minimum Gasteiger partial charge on any atom is -0.348 e. The number of nitrogens with one attached hydrogen (secondary N) is 2. The molecule has 34 heavy (non-hydrogen) atoms. The molecule has 6 nitrogen and oxygen atoms in total. The lowest BCUT2D eigenvalue weighted by molar-refractivity contribution is -0.117. The van der Waals surface area contributed by atoms with Crippen LogP contribution in [-0.4, -0.2) is 21.6 Å². The predicted molar refractivity (Wildman–Crippen MR) is 132 cm³/mol. The predicted octanol–water partition coefficient (Wildman–Crippen LogP) is 4.88. The minimum atomic E-state index is -0.149. The van der Waals surface area contributed by atoms with Gasteiger partial charge in [-0.1, -0.05) is 48.5 Å². The maximum Gasteiger partial charge on any atom is 0.251 e. The first kappa shape index (κ1) is 21.6. The van der Waals surface area contributed by atoms with Crippen molar-refractivity contribution < 1.29 is 9.59 Å². The highest BCUT2D eigenvalue weighted by Crippen LogP contribution is 2.30. The molecule has 1 aliphatic rings. The lowest BCUT2D eigenvalue weighted by atomic mass is 9.98. The van der Waals surface area contributed by atoms with Crippen molar-refractivity contribution >= 4 is 17.5 Å². The minimum absolute atomic E-state index is 0.0585. The Hall–Kier alpha value is -4.19. The normalized spacial score (nSPS) is 12.8. The van der Waals surface area contributed by atoms with E-state index in [0.29, 0.717) is 12.1 Å². The van der Waals surface area contributed by atoms with Crippen molar-refractivity contribution in [2.45, 2.75) is 25.9 Å². The standard InChI is InChI=1S/C28H26N4O2/c33-27(22-12-14-25(15-13-22)31-28(34)23-10-11-23)29-18-24-4-1-2-5-26(24)21-8-6-20(7-9-21)19-32-17-3-16-30-32/h1-9,12-17,23H,10-11,18-19H2,(H,29,33)(H,31,34). The number of amides is 2. The van der Waals surface area contributed by atoms with Gasteiger partial charge in [0.25, 0.3) is 5.91 Å². The number of benzene rings is 3. The molecule has 5 rings (SSSR count). The summed E-state index contributed by atoms with van der Waals surface area (Å²) in [6.45, 7) is 1.15. The van der Waals surface area contributed by atoms with Crippen LogP contribution in [0.2, 0.25) is 0 Å². The van der Waals surface area contributed by atoms with Crippen molar-refractivity contribution in [3.63, 3.8) is 0 Å². The molecule has 0 atom stereocenters. The molecule has 0 spiro atoms. The van der Waals surface area contributed by atoms with E-state index in [2.05, 4.69) is 46.1 Å². The summed E-state index contributed by atoms with van der Waals surface area (Å²) in [5, 5.41) is 10.2. The summed E-state index contributed by atoms with van der Waals surface area (Å²) < 4.78 is 1.89. The molecular weight excluding hydrogens is 424 g/mol. The summed E-state index contributed by atoms with van der Waals surface area (Å²) in [5.41, 5.74) is 5.69. The zero-order valence-corrected chi connectivity index (χ0v) is 18.8. The fourth-order valence-electron chi connectivity index (χ4n) is 3.90. The number of carbonyl (C=O) groups is 2. The average molecular weight is 451 g/mol. The van der Waals surface area contributed by atoms with E-state index in [9.17, 15) is 9.59 Å². The topological polar surface area (TPSA) is 76.0 Å². The molecule has 3 aromatic carbocycles. The lowest BCUT2D eigenvalue weighted by Crippen LogP contribution is -2.23. The SMILES string of the molecule is O=C(NCc1ccccc1-c1ccc(Cn2cccn2)cc1)c1ccc(NC(=O)C2CC2)cc1. The first-order chi connectivity index (χ1) is 16.7. The molecule has 1 aromatic heterocycles. The van der Waals surface area contributed by atoms with Crippen molar-refractivity contribution in [3.8, 4) is 11.1 Å². The maximum absolute atomic E-state index is 12.7. The third-order valence-corrected chi connectivity index (χ3v) is 5.99. The van der Waals surface area contributed by atoms with Gasteiger partial charge in [0.2, 0.25) is 5.91 Å². The summed E-state index contributed by atoms with van der Waals surface area (Å²) in [6.07, 6.45) is 5.65. The van der Waals surface area contributed by atoms with Gasteiger partial charge in [-0.25, -0.2) is 0 Å². The second-order valence-electron chi connectivity index (χ2n) is 8.58. The molecule has 0 bridgehead atoms. The van der Waals surface area contributed by atoms with Gasteiger partial charge in [-0.15, -0.1) is 0 Å². The molecule has 0 radical (unpaired) electrons. The van der Waals surface area contributed by atoms with Crippen molar-refractivity contribution in [3.05, 3.63) is 108 Å². The molecule has 1 aliphatic carbocycles. The van der Waals surface area contributed by atoms with Crippen LogP contribution in [0.15, 0.2) is 91.3 Å². The van der Waals surface area contributed by atoms with Gasteiger partial charge >= 0.3 is 0 Å². The highest BCUT2D eigenvalue weighted by atomic mass is 16.2. The van der Waals surface area contributed by atoms with Crippen LogP contribution >= 0.6 is 0 Å². The highest BCUT2D eigenvalue weighted by Gasteiger charge is 2.29. The maximum atomic E-state index is 12.7. The number of rotatable bonds is 8. The van der Waals surface area contributed by atoms with Crippen molar-refractivity contribution in [2.75, 3.05) is 5.32 Å². The molecule has 1 saturated carbocycles. The van der Waals surface area contributed by atoms with E-state index in [1.54, 1.807) is 30.5 Å². The van der Waals surface area contributed by atoms with Gasteiger partial charge in [-0.05, 0) is 65.4 Å². The van der Waals surface area contributed by atoms with E-state index in [1.165, 1.54) is 5.56 Å². The van der Waals surface area contributed by atoms with Gasteiger partial charge in [0.05, 0.1) is 6.54 Å². The molecule has 0 aliphatic heterocycles. The average Bonchev–Trinajstić information content (AvgIpc) is 3.61. The second-order valence-corrected chi connectivity index (χ2v) is 8.58. The first-order valence-electron chi connectivity index (χ1n) is 11.5. The van der Waals surface area contributed by atoms with E-state index in [4.69, 9.17) is 0 Å². The van der Waals surface area contributed by atoms with Crippen LogP contribution < -0.4 is 10.6 Å². The van der Waals surface area contributed by atoms with Crippen molar-refractivity contribution in [1.82, 2.24) is 15.1 Å². The van der Waals surface area contributed by atoms with Crippen LogP contribution in [0.4, 0.5) is 5.69 Å². The van der Waals surface area contributed by atoms with Gasteiger partial charge < -0.3 is 10.6 Å². The van der Waals surface area contributed by atoms with Crippen LogP contribution in [0, 0.1) is 5.92 Å². The van der Waals surface area contributed by atoms with Gasteiger partial charge in [-0.3, -0.25) is 14.3 Å². The molecule has 1 heterocycles. The Bertz CT molecular complexity index is 1280. The van der Waals surface area contributed by atoms with Crippen LogP contribution in [0.3, 0.4) is 0 Å². The Morgan fingerprint density at radius 3 is 2.38 bits per heavy atom.